The molecule has 4 atom stereocenters. The van der Waals surface area contributed by atoms with Gasteiger partial charge in [-0.3, -0.25) is 4.79 Å². The van der Waals surface area contributed by atoms with E-state index in [1.165, 1.54) is 6.42 Å². The molecule has 4 unspecified atom stereocenters. The summed E-state index contributed by atoms with van der Waals surface area (Å²) in [5, 5.41) is 3.08. The molecule has 3 aliphatic rings. The Hall–Kier alpha value is -1.30. The fourth-order valence-electron chi connectivity index (χ4n) is 4.78. The molecule has 6 heteroatoms. The number of aryl methyl sites for hydroxylation is 1. The Morgan fingerprint density at radius 2 is 1.92 bits per heavy atom. The van der Waals surface area contributed by atoms with E-state index in [0.717, 1.165) is 55.9 Å². The van der Waals surface area contributed by atoms with Gasteiger partial charge in [-0.15, -0.1) is 12.4 Å². The molecule has 0 spiro atoms. The van der Waals surface area contributed by atoms with Crippen LogP contribution in [0.25, 0.3) is 0 Å². The molecule has 26 heavy (non-hydrogen) atoms. The van der Waals surface area contributed by atoms with Crippen LogP contribution in [0.15, 0.2) is 18.2 Å². The molecule has 0 radical (unpaired) electrons. The van der Waals surface area contributed by atoms with Crippen LogP contribution >= 0.6 is 12.4 Å². The van der Waals surface area contributed by atoms with Crippen molar-refractivity contribution in [2.24, 2.45) is 23.5 Å². The molecule has 3 fully saturated rings. The van der Waals surface area contributed by atoms with Crippen LogP contribution in [-0.4, -0.2) is 31.3 Å². The molecule has 2 bridgehead atoms. The maximum absolute atomic E-state index is 12.7. The lowest BCUT2D eigenvalue weighted by atomic mass is 9.84. The summed E-state index contributed by atoms with van der Waals surface area (Å²) in [6.07, 6.45) is 5.54. The van der Waals surface area contributed by atoms with Crippen LogP contribution in [0.4, 0.5) is 5.69 Å². The molecule has 3 N–H and O–H groups in total. The second-order valence-electron chi connectivity index (χ2n) is 7.84. The van der Waals surface area contributed by atoms with Crippen molar-refractivity contribution in [3.05, 3.63) is 23.8 Å². The topological polar surface area (TPSA) is 73.6 Å². The van der Waals surface area contributed by atoms with E-state index < -0.39 is 0 Å². The van der Waals surface area contributed by atoms with Crippen LogP contribution in [0.3, 0.4) is 0 Å². The number of hydrogen-bond donors (Lipinski definition) is 2. The highest BCUT2D eigenvalue weighted by atomic mass is 35.5. The molecule has 2 aliphatic carbocycles. The first-order valence-electron chi connectivity index (χ1n) is 9.53. The van der Waals surface area contributed by atoms with E-state index in [9.17, 15) is 4.79 Å². The normalized spacial score (nSPS) is 30.7. The molecule has 4 rings (SSSR count). The van der Waals surface area contributed by atoms with Gasteiger partial charge in [-0.05, 0) is 61.8 Å². The van der Waals surface area contributed by atoms with Gasteiger partial charge in [-0.1, -0.05) is 0 Å². The van der Waals surface area contributed by atoms with Gasteiger partial charge in [0.1, 0.15) is 11.9 Å². The average molecular weight is 381 g/mol. The Morgan fingerprint density at radius 1 is 1.19 bits per heavy atom. The third kappa shape index (κ3) is 3.85. The first-order chi connectivity index (χ1) is 12.1. The summed E-state index contributed by atoms with van der Waals surface area (Å²) >= 11 is 0. The summed E-state index contributed by atoms with van der Waals surface area (Å²) in [5.74, 6) is 1.95. The monoisotopic (exact) mass is 380 g/mol. The highest BCUT2D eigenvalue weighted by Gasteiger charge is 2.49. The number of halogens is 1. The molecule has 0 aromatic heterocycles. The lowest BCUT2D eigenvalue weighted by molar-refractivity contribution is -0.121. The maximum atomic E-state index is 12.7. The zero-order valence-electron chi connectivity index (χ0n) is 15.3. The number of rotatable bonds is 4. The van der Waals surface area contributed by atoms with Gasteiger partial charge < -0.3 is 20.5 Å². The van der Waals surface area contributed by atoms with Gasteiger partial charge in [-0.2, -0.15) is 0 Å². The summed E-state index contributed by atoms with van der Waals surface area (Å²) in [4.78, 5) is 12.7. The number of carbonyl (C=O) groups excluding carboxylic acids is 1. The van der Waals surface area contributed by atoms with E-state index in [0.29, 0.717) is 11.8 Å². The SMILES string of the molecule is Cc1cc(NC(=O)C2C3CCC(C3)C2N)ccc1OC1CCOCC1.Cl. The minimum absolute atomic E-state index is 0. The summed E-state index contributed by atoms with van der Waals surface area (Å²) in [7, 11) is 0. The Bertz CT molecular complexity index is 646. The van der Waals surface area contributed by atoms with Gasteiger partial charge in [-0.25, -0.2) is 0 Å². The highest BCUT2D eigenvalue weighted by Crippen LogP contribution is 2.48. The van der Waals surface area contributed by atoms with E-state index in [-0.39, 0.29) is 36.4 Å². The number of ether oxygens (including phenoxy) is 2. The summed E-state index contributed by atoms with van der Waals surface area (Å²) < 4.78 is 11.5. The zero-order valence-corrected chi connectivity index (χ0v) is 16.1. The molecule has 1 saturated heterocycles. The van der Waals surface area contributed by atoms with Crippen molar-refractivity contribution >= 4 is 24.0 Å². The van der Waals surface area contributed by atoms with Crippen LogP contribution in [-0.2, 0) is 9.53 Å². The molecular formula is C20H29ClN2O3. The Balaban J connectivity index is 0.00000196. The van der Waals surface area contributed by atoms with Gasteiger partial charge in [0.05, 0.1) is 19.1 Å². The van der Waals surface area contributed by atoms with Gasteiger partial charge in [0.15, 0.2) is 0 Å². The molecule has 144 valence electrons. The number of hydrogen-bond acceptors (Lipinski definition) is 4. The minimum Gasteiger partial charge on any atom is -0.490 e. The predicted molar refractivity (Wildman–Crippen MR) is 104 cm³/mol. The first-order valence-corrected chi connectivity index (χ1v) is 9.53. The van der Waals surface area contributed by atoms with Crippen LogP contribution in [0.1, 0.15) is 37.7 Å². The fraction of sp³-hybridized carbons (Fsp3) is 0.650. The quantitative estimate of drug-likeness (QED) is 0.840. The van der Waals surface area contributed by atoms with Gasteiger partial charge in [0, 0.05) is 24.6 Å². The minimum atomic E-state index is -0.0304. The lowest BCUT2D eigenvalue weighted by Gasteiger charge is -2.27. The zero-order chi connectivity index (χ0) is 17.4. The van der Waals surface area contributed by atoms with Crippen LogP contribution in [0.5, 0.6) is 5.75 Å². The van der Waals surface area contributed by atoms with Crippen molar-refractivity contribution in [2.75, 3.05) is 18.5 Å². The van der Waals surface area contributed by atoms with Crippen LogP contribution in [0, 0.1) is 24.7 Å². The predicted octanol–water partition coefficient (Wildman–Crippen LogP) is 3.29. The summed E-state index contributed by atoms with van der Waals surface area (Å²) in [6.45, 7) is 3.55. The standard InChI is InChI=1S/C20H28N2O3.ClH/c1-12-10-15(4-5-17(12)25-16-6-8-24-9-7-16)22-20(23)18-13-2-3-14(11-13)19(18)21;/h4-5,10,13-14,16,18-19H,2-3,6-9,11,21H2,1H3,(H,22,23);1H. The third-order valence-corrected chi connectivity index (χ3v) is 6.19. The fourth-order valence-corrected chi connectivity index (χ4v) is 4.78. The smallest absolute Gasteiger partial charge is 0.229 e. The van der Waals surface area contributed by atoms with Gasteiger partial charge >= 0.3 is 0 Å². The second-order valence-corrected chi connectivity index (χ2v) is 7.84. The number of amides is 1. The Morgan fingerprint density at radius 3 is 2.58 bits per heavy atom. The number of benzene rings is 1. The van der Waals surface area contributed by atoms with Crippen molar-refractivity contribution < 1.29 is 14.3 Å². The van der Waals surface area contributed by atoms with E-state index in [1.807, 2.05) is 25.1 Å². The van der Waals surface area contributed by atoms with E-state index in [1.54, 1.807) is 0 Å². The molecule has 2 saturated carbocycles. The summed E-state index contributed by atoms with van der Waals surface area (Å²) in [5.41, 5.74) is 8.16. The number of nitrogens with one attached hydrogen (secondary N) is 1. The summed E-state index contributed by atoms with van der Waals surface area (Å²) in [6, 6.07) is 5.90. The lowest BCUT2D eigenvalue weighted by Crippen LogP contribution is -2.42. The van der Waals surface area contributed by atoms with E-state index in [4.69, 9.17) is 15.2 Å². The molecule has 1 heterocycles. The Kier molecular flexibility index (Phi) is 6.10. The third-order valence-electron chi connectivity index (χ3n) is 6.19. The van der Waals surface area contributed by atoms with E-state index in [2.05, 4.69) is 5.32 Å². The number of carbonyl (C=O) groups is 1. The second kappa shape index (κ2) is 8.15. The maximum Gasteiger partial charge on any atom is 0.229 e. The van der Waals surface area contributed by atoms with Crippen LogP contribution < -0.4 is 15.8 Å². The van der Waals surface area contributed by atoms with Gasteiger partial charge in [0.2, 0.25) is 5.91 Å². The number of fused-ring (bicyclic) bond motifs is 2. The van der Waals surface area contributed by atoms with Crippen molar-refractivity contribution in [1.29, 1.82) is 0 Å². The number of nitrogens with two attached hydrogens (primary N) is 1. The Labute approximate surface area is 161 Å². The van der Waals surface area contributed by atoms with Crippen molar-refractivity contribution in [3.8, 4) is 5.75 Å². The average Bonchev–Trinajstić information content (AvgIpc) is 3.19. The highest BCUT2D eigenvalue weighted by molar-refractivity contribution is 5.93. The number of anilines is 1. The van der Waals surface area contributed by atoms with Crippen molar-refractivity contribution in [3.63, 3.8) is 0 Å². The van der Waals surface area contributed by atoms with Crippen molar-refractivity contribution in [1.82, 2.24) is 0 Å². The molecule has 5 nitrogen and oxygen atoms in total. The molecule has 1 aromatic rings. The largest absolute Gasteiger partial charge is 0.490 e. The molecule has 1 aromatic carbocycles. The molecule has 1 aliphatic heterocycles. The van der Waals surface area contributed by atoms with Crippen LogP contribution in [0.2, 0.25) is 0 Å². The first kappa shape index (κ1) is 19.5. The van der Waals surface area contributed by atoms with E-state index >= 15 is 0 Å². The molecule has 1 amide bonds. The van der Waals surface area contributed by atoms with Gasteiger partial charge in [0.25, 0.3) is 0 Å². The molecular weight excluding hydrogens is 352 g/mol. The van der Waals surface area contributed by atoms with Crippen molar-refractivity contribution in [2.45, 2.75) is 51.2 Å².